The summed E-state index contributed by atoms with van der Waals surface area (Å²) in [6.07, 6.45) is 0. The van der Waals surface area contributed by atoms with Crippen LogP contribution in [0.15, 0.2) is 52.4 Å². The summed E-state index contributed by atoms with van der Waals surface area (Å²) >= 11 is 14.2. The molecule has 3 rings (SSSR count). The zero-order valence-electron chi connectivity index (χ0n) is 15.8. The number of nitrogens with one attached hydrogen (secondary N) is 1. The Labute approximate surface area is 178 Å². The lowest BCUT2D eigenvalue weighted by Crippen LogP contribution is -2.18. The van der Waals surface area contributed by atoms with Gasteiger partial charge in [0.15, 0.2) is 5.16 Å². The first-order chi connectivity index (χ1) is 13.4. The van der Waals surface area contributed by atoms with Crippen molar-refractivity contribution in [2.45, 2.75) is 30.7 Å². The largest absolute Gasteiger partial charge is 0.497 e. The fourth-order valence-corrected chi connectivity index (χ4v) is 4.50. The summed E-state index contributed by atoms with van der Waals surface area (Å²) in [4.78, 5) is 20.0. The van der Waals surface area contributed by atoms with Gasteiger partial charge in [0, 0.05) is 27.3 Å². The SMILES string of the molecule is COc1ccc(CSc2nc(C(C)c3c(Cl)cccc3Cl)c(C)c(=O)[nH]2)cc1. The molecule has 1 aromatic heterocycles. The average molecular weight is 435 g/mol. The van der Waals surface area contributed by atoms with Gasteiger partial charge in [-0.25, -0.2) is 4.98 Å². The number of rotatable bonds is 6. The standard InChI is InChI=1S/C21H20Cl2N2O2S/c1-12(18-16(22)5-4-6-17(18)23)19-13(2)20(26)25-21(24-19)28-11-14-7-9-15(27-3)10-8-14/h4-10,12H,11H2,1-3H3,(H,24,25,26). The Balaban J connectivity index is 1.88. The van der Waals surface area contributed by atoms with E-state index in [1.165, 1.54) is 11.8 Å². The Hall–Kier alpha value is -1.95. The van der Waals surface area contributed by atoms with E-state index in [1.54, 1.807) is 32.2 Å². The topological polar surface area (TPSA) is 55.0 Å². The van der Waals surface area contributed by atoms with E-state index in [0.29, 0.717) is 32.2 Å². The maximum absolute atomic E-state index is 12.5. The van der Waals surface area contributed by atoms with Crippen LogP contribution in [-0.4, -0.2) is 17.1 Å². The second kappa shape index (κ2) is 9.03. The normalized spacial score (nSPS) is 12.0. The van der Waals surface area contributed by atoms with Crippen molar-refractivity contribution in [1.82, 2.24) is 9.97 Å². The van der Waals surface area contributed by atoms with Gasteiger partial charge in [0.2, 0.25) is 0 Å². The van der Waals surface area contributed by atoms with Crippen molar-refractivity contribution in [3.63, 3.8) is 0 Å². The van der Waals surface area contributed by atoms with Gasteiger partial charge in [0.05, 0.1) is 12.8 Å². The molecule has 1 heterocycles. The summed E-state index contributed by atoms with van der Waals surface area (Å²) in [5.41, 5.74) is 2.97. The molecule has 0 radical (unpaired) electrons. The lowest BCUT2D eigenvalue weighted by Gasteiger charge is -2.17. The number of thioether (sulfide) groups is 1. The first-order valence-corrected chi connectivity index (χ1v) is 10.4. The monoisotopic (exact) mass is 434 g/mol. The number of hydrogen-bond acceptors (Lipinski definition) is 4. The predicted molar refractivity (Wildman–Crippen MR) is 116 cm³/mol. The molecule has 1 N–H and O–H groups in total. The van der Waals surface area contributed by atoms with Crippen molar-refractivity contribution in [1.29, 1.82) is 0 Å². The maximum atomic E-state index is 12.5. The minimum absolute atomic E-state index is 0.155. The van der Waals surface area contributed by atoms with Crippen molar-refractivity contribution in [2.24, 2.45) is 0 Å². The number of methoxy groups -OCH3 is 1. The third-order valence-electron chi connectivity index (χ3n) is 4.54. The van der Waals surface area contributed by atoms with Crippen LogP contribution >= 0.6 is 35.0 Å². The summed E-state index contributed by atoms with van der Waals surface area (Å²) in [6, 6.07) is 13.2. The highest BCUT2D eigenvalue weighted by Gasteiger charge is 2.21. The van der Waals surface area contributed by atoms with E-state index in [4.69, 9.17) is 32.9 Å². The molecule has 0 aliphatic carbocycles. The van der Waals surface area contributed by atoms with Gasteiger partial charge in [-0.3, -0.25) is 4.79 Å². The molecule has 0 spiro atoms. The summed E-state index contributed by atoms with van der Waals surface area (Å²) in [5.74, 6) is 1.28. The molecule has 28 heavy (non-hydrogen) atoms. The highest BCUT2D eigenvalue weighted by atomic mass is 35.5. The van der Waals surface area contributed by atoms with E-state index in [9.17, 15) is 4.79 Å². The first-order valence-electron chi connectivity index (χ1n) is 8.71. The molecule has 1 unspecified atom stereocenters. The zero-order valence-corrected chi connectivity index (χ0v) is 18.1. The Kier molecular flexibility index (Phi) is 6.70. The summed E-state index contributed by atoms with van der Waals surface area (Å²) < 4.78 is 5.18. The molecule has 7 heteroatoms. The van der Waals surface area contributed by atoms with E-state index < -0.39 is 0 Å². The Morgan fingerprint density at radius 2 is 1.79 bits per heavy atom. The molecule has 3 aromatic rings. The maximum Gasteiger partial charge on any atom is 0.254 e. The number of nitrogens with zero attached hydrogens (tertiary/aromatic N) is 1. The van der Waals surface area contributed by atoms with Crippen molar-refractivity contribution in [3.8, 4) is 5.75 Å². The van der Waals surface area contributed by atoms with Crippen LogP contribution in [0.1, 0.15) is 35.2 Å². The first kappa shape index (κ1) is 20.8. The minimum atomic E-state index is -0.205. The quantitative estimate of drug-likeness (QED) is 0.391. The van der Waals surface area contributed by atoms with E-state index in [1.807, 2.05) is 31.2 Å². The molecule has 0 amide bonds. The van der Waals surface area contributed by atoms with Crippen molar-refractivity contribution < 1.29 is 4.74 Å². The average Bonchev–Trinajstić information content (AvgIpc) is 2.68. The Morgan fingerprint density at radius 3 is 2.39 bits per heavy atom. The molecule has 0 aliphatic heterocycles. The number of hydrogen-bond donors (Lipinski definition) is 1. The predicted octanol–water partition coefficient (Wildman–Crippen LogP) is 5.84. The number of halogens is 2. The van der Waals surface area contributed by atoms with Gasteiger partial charge in [-0.15, -0.1) is 0 Å². The fourth-order valence-electron chi connectivity index (χ4n) is 2.95. The highest BCUT2D eigenvalue weighted by Crippen LogP contribution is 2.35. The second-order valence-corrected chi connectivity index (χ2v) is 8.15. The lowest BCUT2D eigenvalue weighted by molar-refractivity contribution is 0.414. The van der Waals surface area contributed by atoms with Gasteiger partial charge < -0.3 is 9.72 Å². The van der Waals surface area contributed by atoms with Crippen molar-refractivity contribution in [3.05, 3.63) is 85.2 Å². The molecule has 4 nitrogen and oxygen atoms in total. The number of aromatic nitrogens is 2. The highest BCUT2D eigenvalue weighted by molar-refractivity contribution is 7.98. The zero-order chi connectivity index (χ0) is 20.3. The molecule has 2 aromatic carbocycles. The van der Waals surface area contributed by atoms with E-state index in [0.717, 1.165) is 16.9 Å². The summed E-state index contributed by atoms with van der Waals surface area (Å²) in [7, 11) is 1.64. The van der Waals surface area contributed by atoms with Crippen molar-refractivity contribution >= 4 is 35.0 Å². The van der Waals surface area contributed by atoms with Crippen LogP contribution in [0.5, 0.6) is 5.75 Å². The van der Waals surface area contributed by atoms with Gasteiger partial charge >= 0.3 is 0 Å². The third-order valence-corrected chi connectivity index (χ3v) is 6.15. The van der Waals surface area contributed by atoms with Gasteiger partial charge in [-0.2, -0.15) is 0 Å². The molecule has 1 atom stereocenters. The van der Waals surface area contributed by atoms with Crippen LogP contribution in [0, 0.1) is 6.92 Å². The molecule has 0 saturated carbocycles. The number of H-pyrrole nitrogens is 1. The van der Waals surface area contributed by atoms with Gasteiger partial charge in [-0.05, 0) is 42.3 Å². The van der Waals surface area contributed by atoms with Gasteiger partial charge in [-0.1, -0.05) is 60.1 Å². The van der Waals surface area contributed by atoms with E-state index in [2.05, 4.69) is 4.98 Å². The van der Waals surface area contributed by atoms with E-state index >= 15 is 0 Å². The lowest BCUT2D eigenvalue weighted by atomic mass is 9.95. The molecular formula is C21H20Cl2N2O2S. The van der Waals surface area contributed by atoms with Crippen LogP contribution in [0.4, 0.5) is 0 Å². The molecule has 0 fully saturated rings. The van der Waals surface area contributed by atoms with Crippen LogP contribution in [0.2, 0.25) is 10.0 Å². The third kappa shape index (κ3) is 4.54. The van der Waals surface area contributed by atoms with Crippen LogP contribution in [0.25, 0.3) is 0 Å². The van der Waals surface area contributed by atoms with Crippen LogP contribution in [-0.2, 0) is 5.75 Å². The van der Waals surface area contributed by atoms with Crippen LogP contribution in [0.3, 0.4) is 0 Å². The number of benzene rings is 2. The summed E-state index contributed by atoms with van der Waals surface area (Å²) in [6.45, 7) is 3.72. The van der Waals surface area contributed by atoms with Crippen molar-refractivity contribution in [2.75, 3.05) is 7.11 Å². The Bertz CT molecular complexity index is 1020. The number of aromatic amines is 1. The molecular weight excluding hydrogens is 415 g/mol. The smallest absolute Gasteiger partial charge is 0.254 e. The Morgan fingerprint density at radius 1 is 1.14 bits per heavy atom. The molecule has 146 valence electrons. The molecule has 0 saturated heterocycles. The number of ether oxygens (including phenoxy) is 1. The van der Waals surface area contributed by atoms with Gasteiger partial charge in [0.1, 0.15) is 5.75 Å². The van der Waals surface area contributed by atoms with E-state index in [-0.39, 0.29) is 11.5 Å². The fraction of sp³-hybridized carbons (Fsp3) is 0.238. The second-order valence-electron chi connectivity index (χ2n) is 6.38. The molecule has 0 bridgehead atoms. The van der Waals surface area contributed by atoms with Gasteiger partial charge in [0.25, 0.3) is 5.56 Å². The summed E-state index contributed by atoms with van der Waals surface area (Å²) in [5, 5.41) is 1.69. The minimum Gasteiger partial charge on any atom is -0.497 e. The van der Waals surface area contributed by atoms with Crippen LogP contribution < -0.4 is 10.3 Å². The molecule has 0 aliphatic rings.